The van der Waals surface area contributed by atoms with Crippen LogP contribution in [0, 0.1) is 0 Å². The smallest absolute Gasteiger partial charge is 0.142 e. The molecule has 0 amide bonds. The van der Waals surface area contributed by atoms with Gasteiger partial charge in [-0.1, -0.05) is 84.9 Å². The number of allylic oxidation sites excluding steroid dienone is 1. The van der Waals surface area contributed by atoms with E-state index >= 15 is 0 Å². The highest BCUT2D eigenvalue weighted by Gasteiger charge is 2.08. The number of carbonyl (C=O) groups excluding carboxylic acids is 1. The highest BCUT2D eigenvalue weighted by atomic mass is 16.1. The van der Waals surface area contributed by atoms with Gasteiger partial charge in [-0.05, 0) is 46.7 Å². The second-order valence-electron chi connectivity index (χ2n) is 5.80. The first kappa shape index (κ1) is 15.9. The van der Waals surface area contributed by atoms with Crippen LogP contribution in [0.15, 0.2) is 84.9 Å². The minimum atomic E-state index is 0.830. The van der Waals surface area contributed by atoms with Crippen LogP contribution in [-0.2, 0) is 17.6 Å². The molecule has 0 aliphatic heterocycles. The van der Waals surface area contributed by atoms with Crippen LogP contribution in [-0.4, -0.2) is 6.29 Å². The van der Waals surface area contributed by atoms with Crippen LogP contribution < -0.4 is 0 Å². The van der Waals surface area contributed by atoms with E-state index in [9.17, 15) is 4.79 Å². The van der Waals surface area contributed by atoms with Crippen molar-refractivity contribution in [3.05, 3.63) is 113 Å². The molecule has 0 aromatic heterocycles. The Balaban J connectivity index is 2.00. The maximum absolute atomic E-state index is 10.7. The van der Waals surface area contributed by atoms with Crippen LogP contribution in [0.25, 0.3) is 6.08 Å². The molecule has 118 valence electrons. The molecule has 1 heteroatoms. The standard InChI is InChI=1S/C23H20O/c24-16-8-15-21-13-7-14-22(17-19-9-3-1-4-10-19)23(21)18-20-11-5-2-6-12-20/h1-16H,17-18H2/b15-8+. The summed E-state index contributed by atoms with van der Waals surface area (Å²) in [6.45, 7) is 0. The summed E-state index contributed by atoms with van der Waals surface area (Å²) in [7, 11) is 0. The zero-order chi connectivity index (χ0) is 16.6. The van der Waals surface area contributed by atoms with E-state index in [2.05, 4.69) is 66.7 Å². The fourth-order valence-electron chi connectivity index (χ4n) is 2.95. The molecule has 0 saturated carbocycles. The Morgan fingerprint density at radius 1 is 0.667 bits per heavy atom. The molecule has 0 bridgehead atoms. The van der Waals surface area contributed by atoms with E-state index in [1.165, 1.54) is 22.3 Å². The molecule has 0 aliphatic carbocycles. The molecule has 0 saturated heterocycles. The number of rotatable bonds is 6. The summed E-state index contributed by atoms with van der Waals surface area (Å²) in [5, 5.41) is 0. The maximum atomic E-state index is 10.7. The minimum absolute atomic E-state index is 0.830. The average Bonchev–Trinajstić information content (AvgIpc) is 2.64. The molecule has 0 radical (unpaired) electrons. The molecule has 0 spiro atoms. The van der Waals surface area contributed by atoms with Crippen molar-refractivity contribution in [3.63, 3.8) is 0 Å². The summed E-state index contributed by atoms with van der Waals surface area (Å²) in [4.78, 5) is 10.7. The molecule has 0 unspecified atom stereocenters. The molecular weight excluding hydrogens is 292 g/mol. The third-order valence-electron chi connectivity index (χ3n) is 4.12. The van der Waals surface area contributed by atoms with E-state index in [0.717, 1.165) is 24.7 Å². The molecule has 0 fully saturated rings. The molecule has 3 aromatic rings. The summed E-state index contributed by atoms with van der Waals surface area (Å²) in [6.07, 6.45) is 6.06. The van der Waals surface area contributed by atoms with Gasteiger partial charge in [0.05, 0.1) is 0 Å². The van der Waals surface area contributed by atoms with E-state index in [1.807, 2.05) is 18.2 Å². The minimum Gasteiger partial charge on any atom is -0.299 e. The number of carbonyl (C=O) groups is 1. The van der Waals surface area contributed by atoms with Crippen molar-refractivity contribution >= 4 is 12.4 Å². The summed E-state index contributed by atoms with van der Waals surface area (Å²) in [5.74, 6) is 0. The summed E-state index contributed by atoms with van der Waals surface area (Å²) < 4.78 is 0. The van der Waals surface area contributed by atoms with Crippen molar-refractivity contribution in [2.24, 2.45) is 0 Å². The second-order valence-corrected chi connectivity index (χ2v) is 5.80. The van der Waals surface area contributed by atoms with E-state index in [1.54, 1.807) is 6.08 Å². The van der Waals surface area contributed by atoms with Crippen LogP contribution in [0.4, 0.5) is 0 Å². The third-order valence-corrected chi connectivity index (χ3v) is 4.12. The lowest BCUT2D eigenvalue weighted by Crippen LogP contribution is -2.00. The first-order valence-electron chi connectivity index (χ1n) is 8.17. The van der Waals surface area contributed by atoms with Crippen LogP contribution in [0.5, 0.6) is 0 Å². The van der Waals surface area contributed by atoms with Crippen molar-refractivity contribution < 1.29 is 4.79 Å². The Morgan fingerprint density at radius 3 is 1.92 bits per heavy atom. The zero-order valence-corrected chi connectivity index (χ0v) is 13.6. The SMILES string of the molecule is O=C/C=C/c1cccc(Cc2ccccc2)c1Cc1ccccc1. The molecule has 0 aliphatic rings. The third kappa shape index (κ3) is 4.08. The molecule has 0 heterocycles. The van der Waals surface area contributed by atoms with Crippen molar-refractivity contribution in [1.82, 2.24) is 0 Å². The van der Waals surface area contributed by atoms with E-state index in [-0.39, 0.29) is 0 Å². The monoisotopic (exact) mass is 312 g/mol. The molecule has 1 nitrogen and oxygen atoms in total. The lowest BCUT2D eigenvalue weighted by molar-refractivity contribution is -0.104. The quantitative estimate of drug-likeness (QED) is 0.458. The number of aldehydes is 1. The largest absolute Gasteiger partial charge is 0.299 e. The van der Waals surface area contributed by atoms with Crippen LogP contribution >= 0.6 is 0 Å². The predicted octanol–water partition coefficient (Wildman–Crippen LogP) is 5.08. The highest BCUT2D eigenvalue weighted by molar-refractivity contribution is 5.75. The van der Waals surface area contributed by atoms with Crippen LogP contribution in [0.2, 0.25) is 0 Å². The number of hydrogen-bond acceptors (Lipinski definition) is 1. The van der Waals surface area contributed by atoms with E-state index in [0.29, 0.717) is 0 Å². The van der Waals surface area contributed by atoms with Gasteiger partial charge in [0.1, 0.15) is 6.29 Å². The lowest BCUT2D eigenvalue weighted by Gasteiger charge is -2.14. The summed E-state index contributed by atoms with van der Waals surface area (Å²) >= 11 is 0. The normalized spacial score (nSPS) is 10.8. The van der Waals surface area contributed by atoms with Gasteiger partial charge < -0.3 is 0 Å². The van der Waals surface area contributed by atoms with Gasteiger partial charge in [-0.3, -0.25) is 4.79 Å². The first-order chi connectivity index (χ1) is 11.9. The number of benzene rings is 3. The van der Waals surface area contributed by atoms with Gasteiger partial charge in [-0.25, -0.2) is 0 Å². The predicted molar refractivity (Wildman–Crippen MR) is 100 cm³/mol. The van der Waals surface area contributed by atoms with E-state index in [4.69, 9.17) is 0 Å². The molecule has 3 aromatic carbocycles. The van der Waals surface area contributed by atoms with Crippen LogP contribution in [0.3, 0.4) is 0 Å². The Bertz CT molecular complexity index is 817. The van der Waals surface area contributed by atoms with Crippen LogP contribution in [0.1, 0.15) is 27.8 Å². The molecule has 0 N–H and O–H groups in total. The van der Waals surface area contributed by atoms with Gasteiger partial charge >= 0.3 is 0 Å². The number of hydrogen-bond donors (Lipinski definition) is 0. The van der Waals surface area contributed by atoms with Gasteiger partial charge in [-0.15, -0.1) is 0 Å². The Labute approximate surface area is 143 Å². The van der Waals surface area contributed by atoms with Crippen molar-refractivity contribution in [2.75, 3.05) is 0 Å². The Morgan fingerprint density at radius 2 is 1.29 bits per heavy atom. The Kier molecular flexibility index (Phi) is 5.36. The molecule has 24 heavy (non-hydrogen) atoms. The zero-order valence-electron chi connectivity index (χ0n) is 13.6. The Hall–Kier alpha value is -2.93. The fourth-order valence-corrected chi connectivity index (χ4v) is 2.95. The molecule has 3 rings (SSSR count). The first-order valence-corrected chi connectivity index (χ1v) is 8.17. The fraction of sp³-hybridized carbons (Fsp3) is 0.0870. The van der Waals surface area contributed by atoms with Crippen molar-refractivity contribution in [3.8, 4) is 0 Å². The highest BCUT2D eigenvalue weighted by Crippen LogP contribution is 2.23. The molecule has 0 atom stereocenters. The summed E-state index contributed by atoms with van der Waals surface area (Å²) in [5.41, 5.74) is 6.27. The van der Waals surface area contributed by atoms with Gasteiger partial charge in [0.2, 0.25) is 0 Å². The average molecular weight is 312 g/mol. The van der Waals surface area contributed by atoms with Gasteiger partial charge in [-0.2, -0.15) is 0 Å². The van der Waals surface area contributed by atoms with Crippen molar-refractivity contribution in [2.45, 2.75) is 12.8 Å². The van der Waals surface area contributed by atoms with Gasteiger partial charge in [0.15, 0.2) is 0 Å². The second kappa shape index (κ2) is 8.07. The topological polar surface area (TPSA) is 17.1 Å². The summed E-state index contributed by atoms with van der Waals surface area (Å²) in [6, 6.07) is 27.3. The molecular formula is C23H20O. The van der Waals surface area contributed by atoms with Gasteiger partial charge in [0, 0.05) is 0 Å². The van der Waals surface area contributed by atoms with E-state index < -0.39 is 0 Å². The lowest BCUT2D eigenvalue weighted by atomic mass is 9.91. The van der Waals surface area contributed by atoms with Gasteiger partial charge in [0.25, 0.3) is 0 Å². The maximum Gasteiger partial charge on any atom is 0.142 e. The van der Waals surface area contributed by atoms with Crippen molar-refractivity contribution in [1.29, 1.82) is 0 Å².